The number of nitrogens with one attached hydrogen (secondary N) is 1. The maximum Gasteiger partial charge on any atom is 0.354 e. The molecule has 1 N–H and O–H groups in total. The Bertz CT molecular complexity index is 347. The van der Waals surface area contributed by atoms with E-state index in [0.29, 0.717) is 18.1 Å². The number of anilines is 1. The number of aromatic nitrogens is 1. The summed E-state index contributed by atoms with van der Waals surface area (Å²) in [4.78, 5) is 15.4. The molecule has 0 spiro atoms. The lowest BCUT2D eigenvalue weighted by molar-refractivity contribution is -0.138. The molecule has 0 atom stereocenters. The number of carbonyl (C=O) groups excluding carboxylic acids is 1. The van der Waals surface area contributed by atoms with Gasteiger partial charge in [0.25, 0.3) is 0 Å². The van der Waals surface area contributed by atoms with Crippen molar-refractivity contribution in [3.8, 4) is 0 Å². The number of rotatable bonds is 4. The summed E-state index contributed by atoms with van der Waals surface area (Å²) in [5, 5.41) is 2.89. The number of hydrogen-bond acceptors (Lipinski definition) is 4. The number of hydrogen-bond donors (Lipinski definition) is 1. The molecule has 0 amide bonds. The highest BCUT2D eigenvalue weighted by atomic mass is 16.5. The quantitative estimate of drug-likeness (QED) is 0.604. The average Bonchev–Trinajstić information content (AvgIpc) is 2.27. The van der Waals surface area contributed by atoms with Crippen LogP contribution in [0.3, 0.4) is 0 Å². The second-order valence-corrected chi connectivity index (χ2v) is 2.76. The molecule has 0 radical (unpaired) electrons. The maximum absolute atomic E-state index is 11.4. The molecule has 80 valence electrons. The van der Waals surface area contributed by atoms with E-state index in [0.717, 1.165) is 0 Å². The standard InChI is InChI=1S/C11H14N2O2/c1-3-9(11(14)15-4-2)13-10-7-5-6-8-12-10/h3,5-8H,4H2,1-2H3,(H,12,13). The minimum Gasteiger partial charge on any atom is -0.461 e. The van der Waals surface area contributed by atoms with Crippen LogP contribution in [0.4, 0.5) is 5.82 Å². The Morgan fingerprint density at radius 1 is 1.60 bits per heavy atom. The average molecular weight is 206 g/mol. The van der Waals surface area contributed by atoms with Crippen LogP contribution < -0.4 is 5.32 Å². The van der Waals surface area contributed by atoms with Crippen LogP contribution >= 0.6 is 0 Å². The van der Waals surface area contributed by atoms with Gasteiger partial charge in [0, 0.05) is 6.20 Å². The van der Waals surface area contributed by atoms with E-state index < -0.39 is 0 Å². The van der Waals surface area contributed by atoms with E-state index in [1.165, 1.54) is 0 Å². The zero-order valence-corrected chi connectivity index (χ0v) is 8.86. The molecule has 0 aliphatic carbocycles. The Kier molecular flexibility index (Phi) is 4.34. The second-order valence-electron chi connectivity index (χ2n) is 2.76. The number of pyridine rings is 1. The molecule has 0 saturated heterocycles. The molecule has 1 aromatic rings. The van der Waals surface area contributed by atoms with Crippen molar-refractivity contribution in [1.82, 2.24) is 4.98 Å². The molecule has 4 nitrogen and oxygen atoms in total. The molecule has 0 aromatic carbocycles. The first kappa shape index (κ1) is 11.2. The molecule has 0 unspecified atom stereocenters. The van der Waals surface area contributed by atoms with Gasteiger partial charge in [-0.15, -0.1) is 0 Å². The molecule has 1 aromatic heterocycles. The Morgan fingerprint density at radius 3 is 2.93 bits per heavy atom. The highest BCUT2D eigenvalue weighted by Crippen LogP contribution is 2.06. The molecular formula is C11H14N2O2. The monoisotopic (exact) mass is 206 g/mol. The van der Waals surface area contributed by atoms with Gasteiger partial charge in [0.2, 0.25) is 0 Å². The Labute approximate surface area is 89.0 Å². The van der Waals surface area contributed by atoms with Gasteiger partial charge in [-0.2, -0.15) is 0 Å². The van der Waals surface area contributed by atoms with Crippen molar-refractivity contribution < 1.29 is 9.53 Å². The first-order chi connectivity index (χ1) is 7.27. The fourth-order valence-electron chi connectivity index (χ4n) is 1.02. The largest absolute Gasteiger partial charge is 0.461 e. The van der Waals surface area contributed by atoms with Crippen LogP contribution in [0.2, 0.25) is 0 Å². The highest BCUT2D eigenvalue weighted by molar-refractivity contribution is 5.91. The van der Waals surface area contributed by atoms with Crippen LogP contribution in [0.25, 0.3) is 0 Å². The molecule has 0 saturated carbocycles. The summed E-state index contributed by atoms with van der Waals surface area (Å²) >= 11 is 0. The number of allylic oxidation sites excluding steroid dienone is 1. The van der Waals surface area contributed by atoms with Crippen molar-refractivity contribution in [2.75, 3.05) is 11.9 Å². The number of esters is 1. The van der Waals surface area contributed by atoms with Crippen molar-refractivity contribution in [2.45, 2.75) is 13.8 Å². The second kappa shape index (κ2) is 5.80. The fraction of sp³-hybridized carbons (Fsp3) is 0.273. The Balaban J connectivity index is 2.67. The van der Waals surface area contributed by atoms with E-state index in [-0.39, 0.29) is 5.97 Å². The first-order valence-electron chi connectivity index (χ1n) is 4.79. The molecular weight excluding hydrogens is 192 g/mol. The van der Waals surface area contributed by atoms with E-state index in [4.69, 9.17) is 4.74 Å². The van der Waals surface area contributed by atoms with Crippen molar-refractivity contribution in [3.63, 3.8) is 0 Å². The predicted octanol–water partition coefficient (Wildman–Crippen LogP) is 1.96. The fourth-order valence-corrected chi connectivity index (χ4v) is 1.02. The van der Waals surface area contributed by atoms with Gasteiger partial charge in [-0.25, -0.2) is 9.78 Å². The zero-order valence-electron chi connectivity index (χ0n) is 8.86. The predicted molar refractivity (Wildman–Crippen MR) is 58.2 cm³/mol. The van der Waals surface area contributed by atoms with E-state index in [1.807, 2.05) is 12.1 Å². The highest BCUT2D eigenvalue weighted by Gasteiger charge is 2.09. The van der Waals surface area contributed by atoms with Crippen LogP contribution in [0.15, 0.2) is 36.2 Å². The summed E-state index contributed by atoms with van der Waals surface area (Å²) in [5.41, 5.74) is 0.399. The number of carbonyl (C=O) groups is 1. The zero-order chi connectivity index (χ0) is 11.1. The van der Waals surface area contributed by atoms with E-state index in [2.05, 4.69) is 10.3 Å². The summed E-state index contributed by atoms with van der Waals surface area (Å²) in [6, 6.07) is 5.43. The van der Waals surface area contributed by atoms with Crippen LogP contribution in [0, 0.1) is 0 Å². The minimum absolute atomic E-state index is 0.361. The van der Waals surface area contributed by atoms with Gasteiger partial charge in [-0.05, 0) is 26.0 Å². The van der Waals surface area contributed by atoms with Gasteiger partial charge in [0.15, 0.2) is 0 Å². The van der Waals surface area contributed by atoms with Gasteiger partial charge < -0.3 is 10.1 Å². The van der Waals surface area contributed by atoms with Crippen LogP contribution in [0.1, 0.15) is 13.8 Å². The molecule has 1 heterocycles. The molecule has 0 aliphatic heterocycles. The van der Waals surface area contributed by atoms with Gasteiger partial charge in [0.05, 0.1) is 6.61 Å². The van der Waals surface area contributed by atoms with Crippen LogP contribution in [0.5, 0.6) is 0 Å². The van der Waals surface area contributed by atoms with E-state index in [9.17, 15) is 4.79 Å². The van der Waals surface area contributed by atoms with Gasteiger partial charge in [-0.3, -0.25) is 0 Å². The summed E-state index contributed by atoms with van der Waals surface area (Å²) in [7, 11) is 0. The third kappa shape index (κ3) is 3.42. The summed E-state index contributed by atoms with van der Waals surface area (Å²) in [6.07, 6.45) is 3.31. The minimum atomic E-state index is -0.370. The molecule has 0 aliphatic rings. The van der Waals surface area contributed by atoms with Gasteiger partial charge >= 0.3 is 5.97 Å². The molecule has 4 heteroatoms. The third-order valence-corrected chi connectivity index (χ3v) is 1.71. The normalized spacial score (nSPS) is 10.9. The van der Waals surface area contributed by atoms with E-state index in [1.54, 1.807) is 32.2 Å². The topological polar surface area (TPSA) is 51.2 Å². The third-order valence-electron chi connectivity index (χ3n) is 1.71. The lowest BCUT2D eigenvalue weighted by atomic mass is 10.4. The van der Waals surface area contributed by atoms with Gasteiger partial charge in [0.1, 0.15) is 11.5 Å². The van der Waals surface area contributed by atoms with Crippen molar-refractivity contribution in [2.24, 2.45) is 0 Å². The molecule has 15 heavy (non-hydrogen) atoms. The molecule has 1 rings (SSSR count). The maximum atomic E-state index is 11.4. The van der Waals surface area contributed by atoms with E-state index >= 15 is 0 Å². The van der Waals surface area contributed by atoms with Crippen LogP contribution in [-0.4, -0.2) is 17.6 Å². The number of nitrogens with zero attached hydrogens (tertiary/aromatic N) is 1. The van der Waals surface area contributed by atoms with Crippen molar-refractivity contribution in [3.05, 3.63) is 36.2 Å². The Hall–Kier alpha value is -1.84. The molecule has 0 bridgehead atoms. The lowest BCUT2D eigenvalue weighted by Crippen LogP contribution is -2.14. The lowest BCUT2D eigenvalue weighted by Gasteiger charge is -2.08. The van der Waals surface area contributed by atoms with Crippen molar-refractivity contribution >= 4 is 11.8 Å². The van der Waals surface area contributed by atoms with Crippen molar-refractivity contribution in [1.29, 1.82) is 0 Å². The smallest absolute Gasteiger partial charge is 0.354 e. The summed E-state index contributed by atoms with van der Waals surface area (Å²) in [6.45, 7) is 3.90. The Morgan fingerprint density at radius 2 is 2.40 bits per heavy atom. The first-order valence-corrected chi connectivity index (χ1v) is 4.79. The van der Waals surface area contributed by atoms with Crippen LogP contribution in [-0.2, 0) is 9.53 Å². The molecule has 0 fully saturated rings. The van der Waals surface area contributed by atoms with Gasteiger partial charge in [-0.1, -0.05) is 12.1 Å². The summed E-state index contributed by atoms with van der Waals surface area (Å²) in [5.74, 6) is 0.254. The SMILES string of the molecule is CC=C(Nc1ccccn1)C(=O)OCC. The summed E-state index contributed by atoms with van der Waals surface area (Å²) < 4.78 is 4.87. The number of ether oxygens (including phenoxy) is 1.